The lowest BCUT2D eigenvalue weighted by molar-refractivity contribution is -0.232. The maximum absolute atomic E-state index is 11.2. The predicted octanol–water partition coefficient (Wildman–Crippen LogP) is 4.78. The molecule has 1 fully saturated rings. The Morgan fingerprint density at radius 1 is 1.20 bits per heavy atom. The van der Waals surface area contributed by atoms with Gasteiger partial charge in [0.25, 0.3) is 0 Å². The lowest BCUT2D eigenvalue weighted by Gasteiger charge is -2.46. The van der Waals surface area contributed by atoms with E-state index in [1.807, 2.05) is 12.2 Å². The fraction of sp³-hybridized carbons (Fsp3) is 0.714. The summed E-state index contributed by atoms with van der Waals surface area (Å²) in [6, 6.07) is 0. The summed E-state index contributed by atoms with van der Waals surface area (Å²) in [6.07, 6.45) is 10.3. The molecule has 140 valence electrons. The molecule has 0 saturated heterocycles. The van der Waals surface area contributed by atoms with E-state index >= 15 is 0 Å². The van der Waals surface area contributed by atoms with Crippen LogP contribution in [0.3, 0.4) is 0 Å². The Morgan fingerprint density at radius 3 is 2.48 bits per heavy atom. The standard InChI is InChI=1S/C21H31BrO3/c1-20(2,3)18-13-16-17(21(24,25-18)11-12-22)10-9-15(19(16)23)14-7-5-4-6-8-14/h9-10,18-19,23-24H,4-8,11-13H2,1-3H3/t18-,19?,21-/m1/s1. The second-order valence-electron chi connectivity index (χ2n) is 8.69. The monoisotopic (exact) mass is 410 g/mol. The predicted molar refractivity (Wildman–Crippen MR) is 105 cm³/mol. The van der Waals surface area contributed by atoms with Crippen molar-refractivity contribution in [1.29, 1.82) is 0 Å². The molecular formula is C21H31BrO3. The number of halogens is 1. The first-order chi connectivity index (χ1) is 11.8. The first kappa shape index (κ1) is 19.3. The summed E-state index contributed by atoms with van der Waals surface area (Å²) in [4.78, 5) is 0. The number of ether oxygens (including phenoxy) is 1. The minimum absolute atomic E-state index is 0.0994. The van der Waals surface area contributed by atoms with Crippen LogP contribution in [0.25, 0.3) is 0 Å². The first-order valence-corrected chi connectivity index (χ1v) is 10.7. The number of rotatable bonds is 2. The fourth-order valence-electron chi connectivity index (χ4n) is 4.23. The molecule has 0 radical (unpaired) electrons. The first-order valence-electron chi connectivity index (χ1n) is 9.54. The van der Waals surface area contributed by atoms with Gasteiger partial charge in [-0.15, -0.1) is 0 Å². The van der Waals surface area contributed by atoms with Crippen molar-refractivity contribution in [2.24, 2.45) is 5.41 Å². The highest BCUT2D eigenvalue weighted by atomic mass is 79.9. The number of hydrogen-bond donors (Lipinski definition) is 2. The zero-order valence-electron chi connectivity index (χ0n) is 15.6. The number of alkyl halides is 1. The highest BCUT2D eigenvalue weighted by molar-refractivity contribution is 9.09. The average Bonchev–Trinajstić information content (AvgIpc) is 2.56. The summed E-state index contributed by atoms with van der Waals surface area (Å²) in [5, 5.41) is 23.0. The average molecular weight is 411 g/mol. The second kappa shape index (κ2) is 7.30. The molecule has 4 heteroatoms. The van der Waals surface area contributed by atoms with E-state index in [-0.39, 0.29) is 11.5 Å². The van der Waals surface area contributed by atoms with Gasteiger partial charge in [-0.3, -0.25) is 0 Å². The smallest absolute Gasteiger partial charge is 0.193 e. The molecule has 25 heavy (non-hydrogen) atoms. The van der Waals surface area contributed by atoms with Crippen LogP contribution in [0.1, 0.15) is 65.7 Å². The van der Waals surface area contributed by atoms with Crippen molar-refractivity contribution < 1.29 is 14.9 Å². The van der Waals surface area contributed by atoms with Crippen molar-refractivity contribution in [2.45, 2.75) is 83.7 Å². The van der Waals surface area contributed by atoms with Crippen molar-refractivity contribution in [3.63, 3.8) is 0 Å². The lowest BCUT2D eigenvalue weighted by Crippen LogP contribution is -2.49. The number of aliphatic hydroxyl groups excluding tert-OH is 1. The molecule has 3 nitrogen and oxygen atoms in total. The van der Waals surface area contributed by atoms with Gasteiger partial charge in [0.1, 0.15) is 6.10 Å². The zero-order chi connectivity index (χ0) is 18.2. The van der Waals surface area contributed by atoms with Crippen molar-refractivity contribution in [3.8, 4) is 0 Å². The zero-order valence-corrected chi connectivity index (χ0v) is 17.2. The number of aliphatic hydroxyl groups is 2. The second-order valence-corrected chi connectivity index (χ2v) is 9.49. The summed E-state index contributed by atoms with van der Waals surface area (Å²) in [5.41, 5.74) is 4.07. The van der Waals surface area contributed by atoms with Crippen LogP contribution >= 0.6 is 15.9 Å². The Kier molecular flexibility index (Phi) is 5.65. The SMILES string of the molecule is CC(C)(C)[C@H]1CC2=C(C=CC(=C3CCCCC3)C2O)[C@@](O)(CCBr)O1. The molecule has 0 bridgehead atoms. The van der Waals surface area contributed by atoms with Crippen LogP contribution < -0.4 is 0 Å². The van der Waals surface area contributed by atoms with Crippen LogP contribution in [0.2, 0.25) is 0 Å². The fourth-order valence-corrected chi connectivity index (χ4v) is 4.77. The molecule has 1 aliphatic heterocycles. The van der Waals surface area contributed by atoms with Gasteiger partial charge < -0.3 is 14.9 Å². The van der Waals surface area contributed by atoms with Gasteiger partial charge in [-0.2, -0.15) is 0 Å². The third-order valence-corrected chi connectivity index (χ3v) is 6.22. The van der Waals surface area contributed by atoms with Crippen molar-refractivity contribution >= 4 is 15.9 Å². The summed E-state index contributed by atoms with van der Waals surface area (Å²) >= 11 is 3.44. The normalized spacial score (nSPS) is 33.7. The Balaban J connectivity index is 2.00. The van der Waals surface area contributed by atoms with E-state index in [1.165, 1.54) is 24.8 Å². The topological polar surface area (TPSA) is 49.7 Å². The Labute approximate surface area is 160 Å². The molecule has 1 unspecified atom stereocenters. The van der Waals surface area contributed by atoms with Gasteiger partial charge in [0.05, 0.1) is 6.10 Å². The van der Waals surface area contributed by atoms with Crippen LogP contribution in [0.15, 0.2) is 34.4 Å². The maximum Gasteiger partial charge on any atom is 0.193 e. The highest BCUT2D eigenvalue weighted by Crippen LogP contribution is 2.46. The van der Waals surface area contributed by atoms with Crippen molar-refractivity contribution in [2.75, 3.05) is 5.33 Å². The Morgan fingerprint density at radius 2 is 1.88 bits per heavy atom. The molecule has 2 N–H and O–H groups in total. The van der Waals surface area contributed by atoms with Gasteiger partial charge in [0, 0.05) is 17.3 Å². The van der Waals surface area contributed by atoms with E-state index in [4.69, 9.17) is 4.74 Å². The molecule has 0 amide bonds. The summed E-state index contributed by atoms with van der Waals surface area (Å²) < 4.78 is 6.17. The van der Waals surface area contributed by atoms with Gasteiger partial charge in [-0.1, -0.05) is 60.8 Å². The van der Waals surface area contributed by atoms with E-state index < -0.39 is 11.9 Å². The highest BCUT2D eigenvalue weighted by Gasteiger charge is 2.46. The van der Waals surface area contributed by atoms with Crippen molar-refractivity contribution in [1.82, 2.24) is 0 Å². The summed E-state index contributed by atoms with van der Waals surface area (Å²) in [5.74, 6) is -1.32. The van der Waals surface area contributed by atoms with E-state index in [0.717, 1.165) is 29.6 Å². The minimum atomic E-state index is -1.32. The molecule has 0 spiro atoms. The Hall–Kier alpha value is -0.420. The molecule has 1 saturated carbocycles. The molecule has 3 atom stereocenters. The molecule has 0 aromatic carbocycles. The molecular weight excluding hydrogens is 380 g/mol. The van der Waals surface area contributed by atoms with Gasteiger partial charge in [-0.05, 0) is 48.7 Å². The summed E-state index contributed by atoms with van der Waals surface area (Å²) in [7, 11) is 0. The third-order valence-electron chi connectivity index (χ3n) is 5.83. The molecule has 2 aliphatic carbocycles. The van der Waals surface area contributed by atoms with Crippen molar-refractivity contribution in [3.05, 3.63) is 34.4 Å². The van der Waals surface area contributed by atoms with E-state index in [9.17, 15) is 10.2 Å². The van der Waals surface area contributed by atoms with Crippen LogP contribution in [-0.2, 0) is 4.74 Å². The number of hydrogen-bond acceptors (Lipinski definition) is 3. The van der Waals surface area contributed by atoms with E-state index in [2.05, 4.69) is 36.7 Å². The number of allylic oxidation sites excluding steroid dienone is 1. The van der Waals surface area contributed by atoms with Crippen LogP contribution in [0, 0.1) is 5.41 Å². The van der Waals surface area contributed by atoms with Crippen LogP contribution in [0.5, 0.6) is 0 Å². The quantitative estimate of drug-likeness (QED) is 0.643. The Bertz CT molecular complexity index is 603. The van der Waals surface area contributed by atoms with Gasteiger partial charge >= 0.3 is 0 Å². The van der Waals surface area contributed by atoms with E-state index in [0.29, 0.717) is 18.2 Å². The summed E-state index contributed by atoms with van der Waals surface area (Å²) in [6.45, 7) is 6.38. The molecule has 0 aromatic rings. The van der Waals surface area contributed by atoms with Crippen LogP contribution in [0.4, 0.5) is 0 Å². The molecule has 1 heterocycles. The largest absolute Gasteiger partial charge is 0.384 e. The lowest BCUT2D eigenvalue weighted by atomic mass is 9.74. The molecule has 3 rings (SSSR count). The van der Waals surface area contributed by atoms with Gasteiger partial charge in [-0.25, -0.2) is 0 Å². The third kappa shape index (κ3) is 3.83. The minimum Gasteiger partial charge on any atom is -0.384 e. The van der Waals surface area contributed by atoms with E-state index in [1.54, 1.807) is 0 Å². The van der Waals surface area contributed by atoms with Gasteiger partial charge in [0.15, 0.2) is 5.79 Å². The van der Waals surface area contributed by atoms with Crippen LogP contribution in [-0.4, -0.2) is 33.5 Å². The molecule has 3 aliphatic rings. The maximum atomic E-state index is 11.2. The van der Waals surface area contributed by atoms with Gasteiger partial charge in [0.2, 0.25) is 0 Å². The molecule has 0 aromatic heterocycles.